The molecule has 2 heteroatoms. The predicted molar refractivity (Wildman–Crippen MR) is 51.2 cm³/mol. The Morgan fingerprint density at radius 3 is 2.50 bits per heavy atom. The number of hydrogen-bond donors (Lipinski definition) is 0. The summed E-state index contributed by atoms with van der Waals surface area (Å²) in [6.07, 6.45) is 2.51. The summed E-state index contributed by atoms with van der Waals surface area (Å²) in [7, 11) is 0. The van der Waals surface area contributed by atoms with Crippen LogP contribution in [0.1, 0.15) is 40.5 Å². The standard InChI is InChI=1S/C10H19NO/c1-7(2)5-9-6-10(8(3)4)11-12-9/h7-9H,5-6H2,1-4H3. The summed E-state index contributed by atoms with van der Waals surface area (Å²) in [6, 6.07) is 0. The average Bonchev–Trinajstić information content (AvgIpc) is 2.34. The molecule has 0 aliphatic carbocycles. The molecule has 0 radical (unpaired) electrons. The molecular formula is C10H19NO. The molecule has 0 aromatic carbocycles. The normalized spacial score (nSPS) is 23.2. The van der Waals surface area contributed by atoms with Crippen LogP contribution in [0.15, 0.2) is 5.16 Å². The highest BCUT2D eigenvalue weighted by Gasteiger charge is 2.23. The second kappa shape index (κ2) is 3.92. The fourth-order valence-corrected chi connectivity index (χ4v) is 1.44. The van der Waals surface area contributed by atoms with E-state index < -0.39 is 0 Å². The van der Waals surface area contributed by atoms with Crippen molar-refractivity contribution in [3.8, 4) is 0 Å². The molecule has 1 aliphatic rings. The fraction of sp³-hybridized carbons (Fsp3) is 0.900. The molecule has 1 rings (SSSR count). The molecule has 0 aromatic rings. The lowest BCUT2D eigenvalue weighted by Crippen LogP contribution is -2.13. The first-order valence-electron chi connectivity index (χ1n) is 4.82. The van der Waals surface area contributed by atoms with Crippen LogP contribution in [0.4, 0.5) is 0 Å². The highest BCUT2D eigenvalue weighted by molar-refractivity contribution is 5.87. The molecule has 1 heterocycles. The van der Waals surface area contributed by atoms with E-state index in [4.69, 9.17) is 4.84 Å². The van der Waals surface area contributed by atoms with Crippen LogP contribution in [-0.4, -0.2) is 11.8 Å². The van der Waals surface area contributed by atoms with E-state index in [9.17, 15) is 0 Å². The van der Waals surface area contributed by atoms with Gasteiger partial charge < -0.3 is 4.84 Å². The SMILES string of the molecule is CC(C)CC1CC(C(C)C)=NO1. The van der Waals surface area contributed by atoms with E-state index in [1.54, 1.807) is 0 Å². The van der Waals surface area contributed by atoms with E-state index in [0.29, 0.717) is 17.9 Å². The van der Waals surface area contributed by atoms with Crippen LogP contribution in [-0.2, 0) is 4.84 Å². The molecule has 1 atom stereocenters. The van der Waals surface area contributed by atoms with Crippen molar-refractivity contribution in [2.45, 2.75) is 46.6 Å². The zero-order valence-electron chi connectivity index (χ0n) is 8.50. The minimum Gasteiger partial charge on any atom is -0.392 e. The van der Waals surface area contributed by atoms with Crippen LogP contribution in [0.3, 0.4) is 0 Å². The maximum Gasteiger partial charge on any atom is 0.133 e. The van der Waals surface area contributed by atoms with Crippen molar-refractivity contribution in [2.75, 3.05) is 0 Å². The van der Waals surface area contributed by atoms with Crippen LogP contribution >= 0.6 is 0 Å². The molecule has 12 heavy (non-hydrogen) atoms. The zero-order valence-corrected chi connectivity index (χ0v) is 8.50. The van der Waals surface area contributed by atoms with Gasteiger partial charge in [0.05, 0.1) is 5.71 Å². The minimum absolute atomic E-state index is 0.349. The van der Waals surface area contributed by atoms with Crippen LogP contribution < -0.4 is 0 Å². The van der Waals surface area contributed by atoms with Crippen molar-refractivity contribution >= 4 is 5.71 Å². The van der Waals surface area contributed by atoms with E-state index in [1.807, 2.05) is 0 Å². The summed E-state index contributed by atoms with van der Waals surface area (Å²) in [6.45, 7) is 8.77. The Morgan fingerprint density at radius 1 is 1.42 bits per heavy atom. The first kappa shape index (κ1) is 9.56. The Kier molecular flexibility index (Phi) is 3.12. The molecule has 0 saturated heterocycles. The van der Waals surface area contributed by atoms with Crippen molar-refractivity contribution in [3.05, 3.63) is 0 Å². The smallest absolute Gasteiger partial charge is 0.133 e. The zero-order chi connectivity index (χ0) is 9.14. The van der Waals surface area contributed by atoms with Gasteiger partial charge in [-0.05, 0) is 18.3 Å². The summed E-state index contributed by atoms with van der Waals surface area (Å²) >= 11 is 0. The van der Waals surface area contributed by atoms with E-state index in [2.05, 4.69) is 32.9 Å². The molecule has 0 fully saturated rings. The van der Waals surface area contributed by atoms with Crippen LogP contribution in [0.25, 0.3) is 0 Å². The van der Waals surface area contributed by atoms with E-state index >= 15 is 0 Å². The molecule has 0 N–H and O–H groups in total. The van der Waals surface area contributed by atoms with Gasteiger partial charge in [0.15, 0.2) is 0 Å². The third-order valence-electron chi connectivity index (χ3n) is 2.16. The molecule has 0 aromatic heterocycles. The maximum atomic E-state index is 5.33. The summed E-state index contributed by atoms with van der Waals surface area (Å²) in [4.78, 5) is 5.33. The van der Waals surface area contributed by atoms with Gasteiger partial charge in [-0.3, -0.25) is 0 Å². The lowest BCUT2D eigenvalue weighted by Gasteiger charge is -2.10. The first-order valence-corrected chi connectivity index (χ1v) is 4.82. The van der Waals surface area contributed by atoms with E-state index in [1.165, 1.54) is 5.71 Å². The largest absolute Gasteiger partial charge is 0.392 e. The quantitative estimate of drug-likeness (QED) is 0.636. The topological polar surface area (TPSA) is 21.6 Å². The van der Waals surface area contributed by atoms with Gasteiger partial charge in [-0.2, -0.15) is 0 Å². The first-order chi connectivity index (χ1) is 5.59. The van der Waals surface area contributed by atoms with E-state index in [0.717, 1.165) is 12.8 Å². The number of oxime groups is 1. The Balaban J connectivity index is 2.32. The van der Waals surface area contributed by atoms with Gasteiger partial charge in [0.2, 0.25) is 0 Å². The monoisotopic (exact) mass is 169 g/mol. The predicted octanol–water partition coefficient (Wildman–Crippen LogP) is 2.83. The molecule has 2 nitrogen and oxygen atoms in total. The molecule has 1 unspecified atom stereocenters. The minimum atomic E-state index is 0.349. The Bertz CT molecular complexity index is 173. The molecule has 0 saturated carbocycles. The molecule has 70 valence electrons. The van der Waals surface area contributed by atoms with Gasteiger partial charge in [0.1, 0.15) is 6.10 Å². The highest BCUT2D eigenvalue weighted by Crippen LogP contribution is 2.21. The number of nitrogens with zero attached hydrogens (tertiary/aromatic N) is 1. The van der Waals surface area contributed by atoms with Gasteiger partial charge in [0.25, 0.3) is 0 Å². The van der Waals surface area contributed by atoms with Gasteiger partial charge in [-0.1, -0.05) is 32.9 Å². The van der Waals surface area contributed by atoms with Crippen molar-refractivity contribution in [1.82, 2.24) is 0 Å². The molecule has 1 aliphatic heterocycles. The van der Waals surface area contributed by atoms with Crippen LogP contribution in [0, 0.1) is 11.8 Å². The maximum absolute atomic E-state index is 5.33. The lowest BCUT2D eigenvalue weighted by atomic mass is 9.98. The van der Waals surface area contributed by atoms with Crippen LogP contribution in [0.5, 0.6) is 0 Å². The summed E-state index contributed by atoms with van der Waals surface area (Å²) in [5.41, 5.74) is 1.22. The molecule has 0 bridgehead atoms. The van der Waals surface area contributed by atoms with Gasteiger partial charge >= 0.3 is 0 Å². The molecule has 0 amide bonds. The summed E-state index contributed by atoms with van der Waals surface area (Å²) in [5.74, 6) is 1.25. The lowest BCUT2D eigenvalue weighted by molar-refractivity contribution is 0.0697. The van der Waals surface area contributed by atoms with Gasteiger partial charge in [-0.15, -0.1) is 0 Å². The van der Waals surface area contributed by atoms with Crippen molar-refractivity contribution in [2.24, 2.45) is 17.0 Å². The number of rotatable bonds is 3. The van der Waals surface area contributed by atoms with Gasteiger partial charge in [0, 0.05) is 6.42 Å². The fourth-order valence-electron chi connectivity index (χ4n) is 1.44. The second-order valence-corrected chi connectivity index (χ2v) is 4.30. The summed E-state index contributed by atoms with van der Waals surface area (Å²) < 4.78 is 0. The summed E-state index contributed by atoms with van der Waals surface area (Å²) in [5, 5.41) is 4.09. The third-order valence-corrected chi connectivity index (χ3v) is 2.16. The Labute approximate surface area is 75.0 Å². The van der Waals surface area contributed by atoms with Crippen molar-refractivity contribution in [3.63, 3.8) is 0 Å². The van der Waals surface area contributed by atoms with Crippen molar-refractivity contribution < 1.29 is 4.84 Å². The van der Waals surface area contributed by atoms with Crippen LogP contribution in [0.2, 0.25) is 0 Å². The molecule has 0 spiro atoms. The Hall–Kier alpha value is -0.530. The average molecular weight is 169 g/mol. The number of hydrogen-bond acceptors (Lipinski definition) is 2. The second-order valence-electron chi connectivity index (χ2n) is 4.30. The highest BCUT2D eigenvalue weighted by atomic mass is 16.6. The Morgan fingerprint density at radius 2 is 2.08 bits per heavy atom. The van der Waals surface area contributed by atoms with Gasteiger partial charge in [-0.25, -0.2) is 0 Å². The molecular weight excluding hydrogens is 150 g/mol. The van der Waals surface area contributed by atoms with E-state index in [-0.39, 0.29) is 0 Å². The third kappa shape index (κ3) is 2.50. The van der Waals surface area contributed by atoms with Crippen molar-refractivity contribution in [1.29, 1.82) is 0 Å².